The minimum absolute atomic E-state index is 0.118. The van der Waals surface area contributed by atoms with Crippen LogP contribution < -0.4 is 4.74 Å². The first-order valence-corrected chi connectivity index (χ1v) is 11.2. The molecule has 0 N–H and O–H groups in total. The van der Waals surface area contributed by atoms with Crippen molar-refractivity contribution in [2.24, 2.45) is 0 Å². The summed E-state index contributed by atoms with van der Waals surface area (Å²) in [5, 5.41) is 1.07. The molecular weight excluding hydrogens is 394 g/mol. The van der Waals surface area contributed by atoms with Crippen molar-refractivity contribution in [3.05, 3.63) is 69.2 Å². The lowest BCUT2D eigenvalue weighted by Gasteiger charge is -2.12. The number of benzene rings is 2. The smallest absolute Gasteiger partial charge is 0.303 e. The van der Waals surface area contributed by atoms with E-state index in [1.165, 1.54) is 34.1 Å². The Hall–Kier alpha value is -2.66. The maximum Gasteiger partial charge on any atom is 0.303 e. The van der Waals surface area contributed by atoms with Gasteiger partial charge in [-0.15, -0.1) is 11.3 Å². The number of esters is 1. The van der Waals surface area contributed by atoms with Crippen molar-refractivity contribution in [1.29, 1.82) is 0 Å². The van der Waals surface area contributed by atoms with Gasteiger partial charge in [0, 0.05) is 23.8 Å². The zero-order valence-electron chi connectivity index (χ0n) is 18.0. The summed E-state index contributed by atoms with van der Waals surface area (Å²) >= 11 is 1.74. The minimum Gasteiger partial charge on any atom is -0.493 e. The number of nitrogens with zero attached hydrogens (tertiary/aromatic N) is 1. The Bertz CT molecular complexity index is 1070. The van der Waals surface area contributed by atoms with Gasteiger partial charge in [0.2, 0.25) is 0 Å². The molecule has 5 heteroatoms. The first-order valence-electron chi connectivity index (χ1n) is 10.4. The molecule has 1 aliphatic carbocycles. The highest BCUT2D eigenvalue weighted by atomic mass is 32.1. The molecule has 3 aromatic rings. The molecule has 0 saturated carbocycles. The Morgan fingerprint density at radius 1 is 1.13 bits per heavy atom. The number of thiazole rings is 1. The van der Waals surface area contributed by atoms with Gasteiger partial charge in [-0.3, -0.25) is 4.79 Å². The largest absolute Gasteiger partial charge is 0.493 e. The molecule has 2 aromatic carbocycles. The quantitative estimate of drug-likeness (QED) is 0.465. The molecule has 1 unspecified atom stereocenters. The van der Waals surface area contributed by atoms with E-state index in [1.54, 1.807) is 11.3 Å². The Morgan fingerprint density at radius 3 is 2.63 bits per heavy atom. The van der Waals surface area contributed by atoms with Crippen molar-refractivity contribution in [3.63, 3.8) is 0 Å². The van der Waals surface area contributed by atoms with Crippen LogP contribution in [0.15, 0.2) is 36.4 Å². The van der Waals surface area contributed by atoms with Crippen LogP contribution >= 0.6 is 11.3 Å². The van der Waals surface area contributed by atoms with Gasteiger partial charge in [0.05, 0.1) is 12.3 Å². The van der Waals surface area contributed by atoms with E-state index in [0.717, 1.165) is 41.3 Å². The zero-order chi connectivity index (χ0) is 21.3. The molecule has 4 rings (SSSR count). The van der Waals surface area contributed by atoms with Crippen molar-refractivity contribution >= 4 is 17.3 Å². The van der Waals surface area contributed by atoms with Crippen LogP contribution in [0.5, 0.6) is 5.75 Å². The van der Waals surface area contributed by atoms with Crippen LogP contribution in [0, 0.1) is 20.8 Å². The van der Waals surface area contributed by atoms with Crippen LogP contribution in [0.4, 0.5) is 0 Å². The maximum atomic E-state index is 11.3. The number of hydrogen-bond acceptors (Lipinski definition) is 5. The lowest BCUT2D eigenvalue weighted by Crippen LogP contribution is -2.05. The minimum atomic E-state index is -0.230. The molecule has 156 valence electrons. The monoisotopic (exact) mass is 421 g/mol. The Labute approximate surface area is 181 Å². The van der Waals surface area contributed by atoms with E-state index in [9.17, 15) is 4.79 Å². The number of hydrogen-bond donors (Lipinski definition) is 0. The average molecular weight is 422 g/mol. The second-order valence-electron chi connectivity index (χ2n) is 7.99. The van der Waals surface area contributed by atoms with E-state index in [4.69, 9.17) is 14.5 Å². The Balaban J connectivity index is 1.39. The molecule has 0 saturated heterocycles. The Kier molecular flexibility index (Phi) is 5.91. The summed E-state index contributed by atoms with van der Waals surface area (Å²) in [6, 6.07) is 12.6. The number of rotatable bonds is 6. The van der Waals surface area contributed by atoms with Gasteiger partial charge in [-0.1, -0.05) is 23.3 Å². The number of ether oxygens (including phenoxy) is 2. The molecule has 1 heterocycles. The Morgan fingerprint density at radius 2 is 1.90 bits per heavy atom. The van der Waals surface area contributed by atoms with Gasteiger partial charge in [0.15, 0.2) is 0 Å². The fourth-order valence-electron chi connectivity index (χ4n) is 4.11. The molecule has 0 bridgehead atoms. The maximum absolute atomic E-state index is 11.3. The van der Waals surface area contributed by atoms with E-state index < -0.39 is 0 Å². The standard InChI is InChI=1S/C25H27NO3S/c1-15-11-16(2)13-20(12-15)25-26-23(17(3)30-25)9-10-28-21-6-7-22-19(14-21)5-8-24(22)29-18(4)27/h6-7,11-14,24H,5,8-10H2,1-4H3. The lowest BCUT2D eigenvalue weighted by molar-refractivity contribution is -0.146. The highest BCUT2D eigenvalue weighted by Gasteiger charge is 2.25. The number of carbonyl (C=O) groups excluding carboxylic acids is 1. The summed E-state index contributed by atoms with van der Waals surface area (Å²) in [7, 11) is 0. The number of carbonyl (C=O) groups is 1. The summed E-state index contributed by atoms with van der Waals surface area (Å²) in [5.41, 5.74) is 7.12. The SMILES string of the molecule is CC(=O)OC1CCc2cc(OCCc3nc(-c4cc(C)cc(C)c4)sc3C)ccc21. The van der Waals surface area contributed by atoms with Crippen molar-refractivity contribution in [1.82, 2.24) is 4.98 Å². The van der Waals surface area contributed by atoms with Gasteiger partial charge in [0.25, 0.3) is 0 Å². The van der Waals surface area contributed by atoms with Crippen LogP contribution in [0.1, 0.15) is 52.3 Å². The summed E-state index contributed by atoms with van der Waals surface area (Å²) < 4.78 is 11.4. The summed E-state index contributed by atoms with van der Waals surface area (Å²) in [4.78, 5) is 17.4. The summed E-state index contributed by atoms with van der Waals surface area (Å²) in [6.07, 6.45) is 2.42. The predicted octanol–water partition coefficient (Wildman–Crippen LogP) is 5.91. The molecule has 0 spiro atoms. The van der Waals surface area contributed by atoms with Gasteiger partial charge in [-0.05, 0) is 69.0 Å². The van der Waals surface area contributed by atoms with Crippen LogP contribution in [0.25, 0.3) is 10.6 Å². The van der Waals surface area contributed by atoms with Crippen molar-refractivity contribution in [3.8, 4) is 16.3 Å². The van der Waals surface area contributed by atoms with Gasteiger partial charge in [0.1, 0.15) is 16.9 Å². The highest BCUT2D eigenvalue weighted by molar-refractivity contribution is 7.15. The van der Waals surface area contributed by atoms with E-state index in [1.807, 2.05) is 12.1 Å². The van der Waals surface area contributed by atoms with Gasteiger partial charge in [-0.25, -0.2) is 4.98 Å². The van der Waals surface area contributed by atoms with Crippen LogP contribution in [-0.4, -0.2) is 17.6 Å². The zero-order valence-corrected chi connectivity index (χ0v) is 18.8. The summed E-state index contributed by atoms with van der Waals surface area (Å²) in [5.74, 6) is 0.631. The molecule has 0 fully saturated rings. The van der Waals surface area contributed by atoms with Crippen LogP contribution in [0.2, 0.25) is 0 Å². The second-order valence-corrected chi connectivity index (χ2v) is 9.20. The number of fused-ring (bicyclic) bond motifs is 1. The molecule has 0 radical (unpaired) electrons. The van der Waals surface area contributed by atoms with E-state index >= 15 is 0 Å². The van der Waals surface area contributed by atoms with Gasteiger partial charge < -0.3 is 9.47 Å². The molecular formula is C25H27NO3S. The topological polar surface area (TPSA) is 48.4 Å². The third kappa shape index (κ3) is 4.57. The number of aryl methyl sites for hydroxylation is 4. The normalized spacial score (nSPS) is 15.1. The average Bonchev–Trinajstić information content (AvgIpc) is 3.24. The lowest BCUT2D eigenvalue weighted by atomic mass is 10.1. The first kappa shape index (κ1) is 20.6. The molecule has 30 heavy (non-hydrogen) atoms. The van der Waals surface area contributed by atoms with Crippen molar-refractivity contribution in [2.45, 2.75) is 53.1 Å². The van der Waals surface area contributed by atoms with Gasteiger partial charge >= 0.3 is 5.97 Å². The molecule has 1 aromatic heterocycles. The third-order valence-corrected chi connectivity index (χ3v) is 6.48. The van der Waals surface area contributed by atoms with E-state index in [0.29, 0.717) is 6.61 Å². The van der Waals surface area contributed by atoms with E-state index in [-0.39, 0.29) is 12.1 Å². The van der Waals surface area contributed by atoms with Gasteiger partial charge in [-0.2, -0.15) is 0 Å². The molecule has 4 nitrogen and oxygen atoms in total. The highest BCUT2D eigenvalue weighted by Crippen LogP contribution is 2.36. The van der Waals surface area contributed by atoms with E-state index in [2.05, 4.69) is 45.0 Å². The molecule has 0 aliphatic heterocycles. The number of aromatic nitrogens is 1. The first-order chi connectivity index (χ1) is 14.4. The van der Waals surface area contributed by atoms with Crippen molar-refractivity contribution in [2.75, 3.05) is 6.61 Å². The van der Waals surface area contributed by atoms with Crippen LogP contribution in [-0.2, 0) is 22.4 Å². The fourth-order valence-corrected chi connectivity index (χ4v) is 5.06. The summed E-state index contributed by atoms with van der Waals surface area (Å²) in [6.45, 7) is 8.42. The molecule has 1 aliphatic rings. The molecule has 1 atom stereocenters. The van der Waals surface area contributed by atoms with Crippen LogP contribution in [0.3, 0.4) is 0 Å². The van der Waals surface area contributed by atoms with Crippen molar-refractivity contribution < 1.29 is 14.3 Å². The third-order valence-electron chi connectivity index (χ3n) is 5.41. The molecule has 0 amide bonds. The second kappa shape index (κ2) is 8.60. The fraction of sp³-hybridized carbons (Fsp3) is 0.360. The predicted molar refractivity (Wildman–Crippen MR) is 120 cm³/mol.